The fraction of sp³-hybridized carbons (Fsp3) is 0.368. The molecular weight excluding hydrogens is 286 g/mol. The predicted molar refractivity (Wildman–Crippen MR) is 93.3 cm³/mol. The van der Waals surface area contributed by atoms with Crippen molar-refractivity contribution in [3.05, 3.63) is 47.2 Å². The van der Waals surface area contributed by atoms with E-state index in [9.17, 15) is 4.79 Å². The van der Waals surface area contributed by atoms with Gasteiger partial charge in [-0.15, -0.1) is 0 Å². The van der Waals surface area contributed by atoms with Gasteiger partial charge in [-0.05, 0) is 56.0 Å². The molecule has 1 unspecified atom stereocenters. The molecule has 2 aromatic rings. The quantitative estimate of drug-likeness (QED) is 0.879. The summed E-state index contributed by atoms with van der Waals surface area (Å²) in [7, 11) is 0. The number of rotatable bonds is 4. The molecule has 1 aromatic heterocycles. The van der Waals surface area contributed by atoms with Crippen LogP contribution in [0.25, 0.3) is 11.1 Å². The van der Waals surface area contributed by atoms with Gasteiger partial charge in [0.05, 0.1) is 5.56 Å². The number of carbonyl (C=O) groups excluding carboxylic acids is 1. The lowest BCUT2D eigenvalue weighted by molar-refractivity contribution is 0.112. The van der Waals surface area contributed by atoms with Crippen LogP contribution in [0.5, 0.6) is 0 Å². The first-order chi connectivity index (χ1) is 11.1. The highest BCUT2D eigenvalue weighted by Crippen LogP contribution is 2.27. The normalized spacial score (nSPS) is 18.3. The van der Waals surface area contributed by atoms with Crippen molar-refractivity contribution in [1.82, 2.24) is 9.88 Å². The number of nitrogen functional groups attached to an aromatic ring is 1. The largest absolute Gasteiger partial charge is 0.383 e. The summed E-state index contributed by atoms with van der Waals surface area (Å²) in [5, 5.41) is 0. The summed E-state index contributed by atoms with van der Waals surface area (Å²) in [6, 6.07) is 9.00. The Labute approximate surface area is 137 Å². The third-order valence-electron chi connectivity index (χ3n) is 4.75. The lowest BCUT2D eigenvalue weighted by Crippen LogP contribution is -2.26. The van der Waals surface area contributed by atoms with Crippen molar-refractivity contribution in [3.8, 4) is 11.1 Å². The second-order valence-electron chi connectivity index (χ2n) is 6.43. The molecule has 0 bridgehead atoms. The highest BCUT2D eigenvalue weighted by molar-refractivity contribution is 5.84. The van der Waals surface area contributed by atoms with E-state index in [-0.39, 0.29) is 5.82 Å². The number of aldehydes is 1. The molecule has 0 saturated carbocycles. The van der Waals surface area contributed by atoms with E-state index in [2.05, 4.69) is 41.9 Å². The van der Waals surface area contributed by atoms with Crippen molar-refractivity contribution in [3.63, 3.8) is 0 Å². The Morgan fingerprint density at radius 3 is 2.87 bits per heavy atom. The zero-order valence-corrected chi connectivity index (χ0v) is 13.7. The topological polar surface area (TPSA) is 59.2 Å². The van der Waals surface area contributed by atoms with Gasteiger partial charge in [0, 0.05) is 24.3 Å². The molecule has 1 fully saturated rings. The lowest BCUT2D eigenvalue weighted by Gasteiger charge is -2.21. The first-order valence-corrected chi connectivity index (χ1v) is 8.13. The van der Waals surface area contributed by atoms with Crippen molar-refractivity contribution in [2.24, 2.45) is 0 Å². The molecule has 0 aliphatic carbocycles. The van der Waals surface area contributed by atoms with E-state index in [1.165, 1.54) is 30.5 Å². The van der Waals surface area contributed by atoms with Gasteiger partial charge in [0.1, 0.15) is 5.82 Å². The fourth-order valence-corrected chi connectivity index (χ4v) is 3.34. The van der Waals surface area contributed by atoms with E-state index >= 15 is 0 Å². The molecule has 1 aromatic carbocycles. The highest BCUT2D eigenvalue weighted by atomic mass is 16.1. The monoisotopic (exact) mass is 309 g/mol. The number of anilines is 1. The van der Waals surface area contributed by atoms with Crippen LogP contribution in [0.2, 0.25) is 0 Å². The number of pyridine rings is 1. The standard InChI is InChI=1S/C19H23N3O/c1-13-8-15(11-22-7-3-4-14(22)2)5-6-18(13)16-9-17(12-23)19(20)21-10-16/h5-6,8-10,12,14H,3-4,7,11H2,1-2H3,(H2,20,21). The van der Waals surface area contributed by atoms with Crippen LogP contribution < -0.4 is 5.73 Å². The van der Waals surface area contributed by atoms with Crippen LogP contribution in [-0.4, -0.2) is 28.8 Å². The minimum Gasteiger partial charge on any atom is -0.383 e. The maximum atomic E-state index is 11.0. The van der Waals surface area contributed by atoms with Crippen LogP contribution in [-0.2, 0) is 6.54 Å². The molecular formula is C19H23N3O. The number of aromatic nitrogens is 1. The van der Waals surface area contributed by atoms with Gasteiger partial charge in [0.25, 0.3) is 0 Å². The number of nitrogens with two attached hydrogens (primary N) is 1. The van der Waals surface area contributed by atoms with Crippen molar-refractivity contribution < 1.29 is 4.79 Å². The predicted octanol–water partition coefficient (Wildman–Crippen LogP) is 3.44. The summed E-state index contributed by atoms with van der Waals surface area (Å²) in [4.78, 5) is 17.7. The van der Waals surface area contributed by atoms with Crippen LogP contribution in [0.3, 0.4) is 0 Å². The number of hydrogen-bond acceptors (Lipinski definition) is 4. The Balaban J connectivity index is 1.86. The number of likely N-dealkylation sites (tertiary alicyclic amines) is 1. The fourth-order valence-electron chi connectivity index (χ4n) is 3.34. The zero-order valence-electron chi connectivity index (χ0n) is 13.7. The number of nitrogens with zero attached hydrogens (tertiary/aromatic N) is 2. The molecule has 4 nitrogen and oxygen atoms in total. The summed E-state index contributed by atoms with van der Waals surface area (Å²) in [6.07, 6.45) is 5.07. The van der Waals surface area contributed by atoms with Crippen LogP contribution in [0.4, 0.5) is 5.82 Å². The number of carbonyl (C=O) groups is 1. The third kappa shape index (κ3) is 3.27. The molecule has 3 rings (SSSR count). The summed E-state index contributed by atoms with van der Waals surface area (Å²) in [5.41, 5.74) is 10.7. The molecule has 0 amide bonds. The summed E-state index contributed by atoms with van der Waals surface area (Å²) in [6.45, 7) is 6.59. The summed E-state index contributed by atoms with van der Waals surface area (Å²) < 4.78 is 0. The molecule has 1 saturated heterocycles. The average molecular weight is 309 g/mol. The van der Waals surface area contributed by atoms with Crippen molar-refractivity contribution in [1.29, 1.82) is 0 Å². The molecule has 1 aliphatic heterocycles. The Morgan fingerprint density at radius 1 is 1.39 bits per heavy atom. The SMILES string of the molecule is Cc1cc(CN2CCCC2C)ccc1-c1cnc(N)c(C=O)c1. The number of hydrogen-bond donors (Lipinski definition) is 1. The first kappa shape index (κ1) is 15.7. The van der Waals surface area contributed by atoms with Crippen LogP contribution >= 0.6 is 0 Å². The maximum absolute atomic E-state index is 11.0. The van der Waals surface area contributed by atoms with E-state index in [4.69, 9.17) is 5.73 Å². The smallest absolute Gasteiger partial charge is 0.153 e. The van der Waals surface area contributed by atoms with Crippen molar-refractivity contribution in [2.45, 2.75) is 39.3 Å². The van der Waals surface area contributed by atoms with E-state index in [0.29, 0.717) is 11.6 Å². The van der Waals surface area contributed by atoms with Gasteiger partial charge in [0.15, 0.2) is 6.29 Å². The van der Waals surface area contributed by atoms with Crippen LogP contribution in [0.1, 0.15) is 41.3 Å². The Morgan fingerprint density at radius 2 is 2.22 bits per heavy atom. The third-order valence-corrected chi connectivity index (χ3v) is 4.75. The Bertz CT molecular complexity index is 727. The van der Waals surface area contributed by atoms with Crippen LogP contribution in [0.15, 0.2) is 30.5 Å². The molecule has 0 spiro atoms. The van der Waals surface area contributed by atoms with Gasteiger partial charge in [-0.2, -0.15) is 0 Å². The molecule has 2 N–H and O–H groups in total. The zero-order chi connectivity index (χ0) is 16.4. The van der Waals surface area contributed by atoms with Crippen LogP contribution in [0, 0.1) is 6.92 Å². The van der Waals surface area contributed by atoms with E-state index < -0.39 is 0 Å². The number of aryl methyl sites for hydroxylation is 1. The molecule has 2 heterocycles. The Hall–Kier alpha value is -2.20. The molecule has 120 valence electrons. The number of benzene rings is 1. The molecule has 4 heteroatoms. The average Bonchev–Trinajstić information content (AvgIpc) is 2.93. The van der Waals surface area contributed by atoms with E-state index in [1.807, 2.05) is 0 Å². The van der Waals surface area contributed by atoms with Gasteiger partial charge in [-0.1, -0.05) is 18.2 Å². The molecule has 1 atom stereocenters. The van der Waals surface area contributed by atoms with Gasteiger partial charge in [-0.3, -0.25) is 9.69 Å². The molecule has 23 heavy (non-hydrogen) atoms. The summed E-state index contributed by atoms with van der Waals surface area (Å²) >= 11 is 0. The van der Waals surface area contributed by atoms with Gasteiger partial charge < -0.3 is 5.73 Å². The second kappa shape index (κ2) is 6.50. The van der Waals surface area contributed by atoms with Crippen molar-refractivity contribution in [2.75, 3.05) is 12.3 Å². The first-order valence-electron chi connectivity index (χ1n) is 8.13. The van der Waals surface area contributed by atoms with Gasteiger partial charge >= 0.3 is 0 Å². The van der Waals surface area contributed by atoms with Gasteiger partial charge in [0.2, 0.25) is 0 Å². The van der Waals surface area contributed by atoms with Crippen molar-refractivity contribution >= 4 is 12.1 Å². The van der Waals surface area contributed by atoms with Gasteiger partial charge in [-0.25, -0.2) is 4.98 Å². The maximum Gasteiger partial charge on any atom is 0.153 e. The summed E-state index contributed by atoms with van der Waals surface area (Å²) in [5.74, 6) is 0.279. The molecule has 1 aliphatic rings. The van der Waals surface area contributed by atoms with E-state index in [0.717, 1.165) is 24.0 Å². The second-order valence-corrected chi connectivity index (χ2v) is 6.43. The minimum atomic E-state index is 0.279. The van der Waals surface area contributed by atoms with E-state index in [1.54, 1.807) is 12.3 Å². The highest BCUT2D eigenvalue weighted by Gasteiger charge is 2.20. The minimum absolute atomic E-state index is 0.279. The lowest BCUT2D eigenvalue weighted by atomic mass is 9.98. The molecule has 0 radical (unpaired) electrons. The Kier molecular flexibility index (Phi) is 4.44.